The second kappa shape index (κ2) is 6.79. The normalized spacial score (nSPS) is 14.1. The Labute approximate surface area is 149 Å². The van der Waals surface area contributed by atoms with Gasteiger partial charge in [-0.05, 0) is 30.9 Å². The number of fused-ring (bicyclic) bond motifs is 1. The molecule has 1 amide bonds. The van der Waals surface area contributed by atoms with Crippen molar-refractivity contribution < 1.29 is 4.79 Å². The Morgan fingerprint density at radius 3 is 3.04 bits per heavy atom. The van der Waals surface area contributed by atoms with Crippen LogP contribution in [0, 0.1) is 0 Å². The first-order valence-corrected chi connectivity index (χ1v) is 9.36. The maximum atomic E-state index is 12.0. The number of nitrogens with one attached hydrogen (secondary N) is 2. The zero-order valence-corrected chi connectivity index (χ0v) is 14.6. The van der Waals surface area contributed by atoms with Crippen LogP contribution < -0.4 is 11.2 Å². The molecule has 2 heterocycles. The maximum absolute atomic E-state index is 12.0. The van der Waals surface area contributed by atoms with Crippen molar-refractivity contribution >= 4 is 28.6 Å². The van der Waals surface area contributed by atoms with Gasteiger partial charge in [-0.1, -0.05) is 30.0 Å². The summed E-state index contributed by atoms with van der Waals surface area (Å²) >= 11 is 1.32. The molecule has 0 aliphatic heterocycles. The number of hydrogen-bond acceptors (Lipinski definition) is 5. The number of amides is 1. The Morgan fingerprint density at radius 2 is 2.20 bits per heavy atom. The fourth-order valence-electron chi connectivity index (χ4n) is 2.86. The molecule has 1 aliphatic rings. The number of aromatic amines is 1. The van der Waals surface area contributed by atoms with Crippen molar-refractivity contribution in [1.82, 2.24) is 25.2 Å². The van der Waals surface area contributed by atoms with Crippen LogP contribution in [0.4, 0.5) is 0 Å². The highest BCUT2D eigenvalue weighted by atomic mass is 32.2. The van der Waals surface area contributed by atoms with Gasteiger partial charge in [0.25, 0.3) is 0 Å². The first kappa shape index (κ1) is 16.0. The summed E-state index contributed by atoms with van der Waals surface area (Å²) in [5.74, 6) is 7.50. The third-order valence-electron chi connectivity index (χ3n) is 4.36. The minimum Gasteiger partial charge on any atom is -0.361 e. The van der Waals surface area contributed by atoms with E-state index in [1.54, 1.807) is 0 Å². The predicted octanol–water partition coefficient (Wildman–Crippen LogP) is 1.80. The van der Waals surface area contributed by atoms with Crippen LogP contribution in [-0.4, -0.2) is 38.1 Å². The standard InChI is InChI=1S/C17H20N6OS/c18-23-16(11-5-6-11)21-22-17(23)25-10-15(24)19-8-7-12-9-20-14-4-2-1-3-13(12)14/h1-4,9,11,20H,5-8,10,18H2,(H,19,24). The van der Waals surface area contributed by atoms with Crippen molar-refractivity contribution in [1.29, 1.82) is 0 Å². The van der Waals surface area contributed by atoms with Crippen molar-refractivity contribution in [2.75, 3.05) is 18.1 Å². The van der Waals surface area contributed by atoms with Crippen LogP contribution in [0.15, 0.2) is 35.6 Å². The Kier molecular flexibility index (Phi) is 4.35. The molecule has 1 aromatic carbocycles. The van der Waals surface area contributed by atoms with E-state index in [2.05, 4.69) is 26.6 Å². The van der Waals surface area contributed by atoms with Crippen LogP contribution in [-0.2, 0) is 11.2 Å². The molecule has 1 saturated carbocycles. The van der Waals surface area contributed by atoms with E-state index in [0.29, 0.717) is 17.6 Å². The topological polar surface area (TPSA) is 102 Å². The zero-order chi connectivity index (χ0) is 17.2. The third kappa shape index (κ3) is 3.48. The molecular formula is C17H20N6OS. The molecule has 1 aliphatic carbocycles. The van der Waals surface area contributed by atoms with E-state index in [0.717, 1.165) is 30.6 Å². The Bertz CT molecular complexity index is 898. The Hall–Kier alpha value is -2.48. The molecule has 4 rings (SSSR count). The van der Waals surface area contributed by atoms with Gasteiger partial charge in [0.2, 0.25) is 11.1 Å². The molecule has 0 radical (unpaired) electrons. The number of para-hydroxylation sites is 1. The van der Waals surface area contributed by atoms with Crippen LogP contribution in [0.1, 0.15) is 30.1 Å². The van der Waals surface area contributed by atoms with Gasteiger partial charge in [-0.25, -0.2) is 4.68 Å². The third-order valence-corrected chi connectivity index (χ3v) is 5.30. The fourth-order valence-corrected chi connectivity index (χ4v) is 3.56. The van der Waals surface area contributed by atoms with E-state index < -0.39 is 0 Å². The van der Waals surface area contributed by atoms with Crippen LogP contribution in [0.5, 0.6) is 0 Å². The monoisotopic (exact) mass is 356 g/mol. The van der Waals surface area contributed by atoms with Gasteiger partial charge in [-0.2, -0.15) is 0 Å². The van der Waals surface area contributed by atoms with Gasteiger partial charge in [0.1, 0.15) is 0 Å². The van der Waals surface area contributed by atoms with E-state index in [1.807, 2.05) is 24.4 Å². The number of thioether (sulfide) groups is 1. The quantitative estimate of drug-likeness (QED) is 0.443. The Morgan fingerprint density at radius 1 is 1.36 bits per heavy atom. The van der Waals surface area contributed by atoms with Crippen molar-refractivity contribution in [3.63, 3.8) is 0 Å². The highest BCUT2D eigenvalue weighted by Crippen LogP contribution is 2.39. The second-order valence-electron chi connectivity index (χ2n) is 6.23. The average molecular weight is 356 g/mol. The predicted molar refractivity (Wildman–Crippen MR) is 97.9 cm³/mol. The van der Waals surface area contributed by atoms with Crippen LogP contribution >= 0.6 is 11.8 Å². The summed E-state index contributed by atoms with van der Waals surface area (Å²) in [5, 5.41) is 12.9. The lowest BCUT2D eigenvalue weighted by atomic mass is 10.1. The highest BCUT2D eigenvalue weighted by molar-refractivity contribution is 7.99. The number of hydrogen-bond donors (Lipinski definition) is 3. The molecule has 4 N–H and O–H groups in total. The van der Waals surface area contributed by atoms with E-state index in [4.69, 9.17) is 5.84 Å². The van der Waals surface area contributed by atoms with E-state index in [1.165, 1.54) is 27.4 Å². The first-order valence-electron chi connectivity index (χ1n) is 8.37. The summed E-state index contributed by atoms with van der Waals surface area (Å²) in [6.07, 6.45) is 5.03. The number of carbonyl (C=O) groups is 1. The number of aromatic nitrogens is 4. The van der Waals surface area contributed by atoms with Gasteiger partial charge in [-0.15, -0.1) is 10.2 Å². The smallest absolute Gasteiger partial charge is 0.230 e. The van der Waals surface area contributed by atoms with Crippen molar-refractivity contribution in [2.45, 2.75) is 30.3 Å². The Balaban J connectivity index is 1.25. The van der Waals surface area contributed by atoms with E-state index in [9.17, 15) is 4.79 Å². The lowest BCUT2D eigenvalue weighted by molar-refractivity contribution is -0.118. The molecule has 3 aromatic rings. The van der Waals surface area contributed by atoms with Gasteiger partial charge in [0.15, 0.2) is 5.82 Å². The van der Waals surface area contributed by atoms with Gasteiger partial charge in [0, 0.05) is 29.6 Å². The summed E-state index contributed by atoms with van der Waals surface area (Å²) < 4.78 is 1.52. The zero-order valence-electron chi connectivity index (χ0n) is 13.7. The molecule has 130 valence electrons. The molecule has 8 heteroatoms. The summed E-state index contributed by atoms with van der Waals surface area (Å²) in [6.45, 7) is 0.601. The lowest BCUT2D eigenvalue weighted by Crippen LogP contribution is -2.27. The number of nitrogens with two attached hydrogens (primary N) is 1. The number of nitrogen functional groups attached to an aromatic ring is 1. The number of carbonyl (C=O) groups excluding carboxylic acids is 1. The number of rotatable bonds is 7. The molecule has 2 aromatic heterocycles. The van der Waals surface area contributed by atoms with E-state index >= 15 is 0 Å². The number of nitrogens with zero attached hydrogens (tertiary/aromatic N) is 3. The molecule has 0 spiro atoms. The molecule has 0 unspecified atom stereocenters. The molecule has 0 bridgehead atoms. The van der Waals surface area contributed by atoms with Gasteiger partial charge >= 0.3 is 0 Å². The summed E-state index contributed by atoms with van der Waals surface area (Å²) in [6, 6.07) is 8.16. The fraction of sp³-hybridized carbons (Fsp3) is 0.353. The molecule has 1 fully saturated rings. The highest BCUT2D eigenvalue weighted by Gasteiger charge is 2.29. The average Bonchev–Trinajstić information content (AvgIpc) is 3.28. The molecule has 0 saturated heterocycles. The largest absolute Gasteiger partial charge is 0.361 e. The lowest BCUT2D eigenvalue weighted by Gasteiger charge is -2.05. The van der Waals surface area contributed by atoms with Gasteiger partial charge in [0.05, 0.1) is 5.75 Å². The minimum atomic E-state index is -0.0270. The molecule has 0 atom stereocenters. The van der Waals surface area contributed by atoms with Crippen molar-refractivity contribution in [3.8, 4) is 0 Å². The molecular weight excluding hydrogens is 336 g/mol. The van der Waals surface area contributed by atoms with Crippen LogP contribution in [0.25, 0.3) is 10.9 Å². The van der Waals surface area contributed by atoms with Gasteiger partial charge < -0.3 is 16.1 Å². The van der Waals surface area contributed by atoms with Crippen LogP contribution in [0.2, 0.25) is 0 Å². The molecule has 7 nitrogen and oxygen atoms in total. The van der Waals surface area contributed by atoms with E-state index in [-0.39, 0.29) is 11.7 Å². The summed E-state index contributed by atoms with van der Waals surface area (Å²) in [5.41, 5.74) is 2.33. The minimum absolute atomic E-state index is 0.0270. The van der Waals surface area contributed by atoms with Crippen LogP contribution in [0.3, 0.4) is 0 Å². The molecule has 25 heavy (non-hydrogen) atoms. The summed E-state index contributed by atoms with van der Waals surface area (Å²) in [4.78, 5) is 15.3. The van der Waals surface area contributed by atoms with Gasteiger partial charge in [-0.3, -0.25) is 4.79 Å². The first-order chi connectivity index (χ1) is 12.2. The van der Waals surface area contributed by atoms with Crippen molar-refractivity contribution in [2.24, 2.45) is 0 Å². The second-order valence-corrected chi connectivity index (χ2v) is 7.18. The summed E-state index contributed by atoms with van der Waals surface area (Å²) in [7, 11) is 0. The number of benzene rings is 1. The SMILES string of the molecule is Nn1c(SCC(=O)NCCc2c[nH]c3ccccc23)nnc1C1CC1. The van der Waals surface area contributed by atoms with Crippen molar-refractivity contribution in [3.05, 3.63) is 41.9 Å². The maximum Gasteiger partial charge on any atom is 0.230 e. The number of H-pyrrole nitrogens is 1.